The zero-order valence-electron chi connectivity index (χ0n) is 30.2. The molecule has 12 rings (SSSR count). The molecule has 0 amide bonds. The first-order valence-electron chi connectivity index (χ1n) is 18.8. The minimum Gasteiger partial charge on any atom is -0.456 e. The van der Waals surface area contributed by atoms with E-state index in [2.05, 4.69) is 115 Å². The molecule has 0 saturated carbocycles. The molecular formula is C50H28N4O2S. The highest BCUT2D eigenvalue weighted by Crippen LogP contribution is 2.44. The zero-order valence-corrected chi connectivity index (χ0v) is 31.0. The number of rotatable bonds is 5. The van der Waals surface area contributed by atoms with Crippen LogP contribution in [0.25, 0.3) is 121 Å². The van der Waals surface area contributed by atoms with Crippen molar-refractivity contribution in [1.82, 2.24) is 19.9 Å². The molecule has 4 heterocycles. The molecule has 8 aromatic carbocycles. The fraction of sp³-hybridized carbons (Fsp3) is 0. The van der Waals surface area contributed by atoms with Crippen molar-refractivity contribution in [2.75, 3.05) is 0 Å². The first-order valence-corrected chi connectivity index (χ1v) is 19.6. The second kappa shape index (κ2) is 12.5. The maximum atomic E-state index is 6.67. The topological polar surface area (TPSA) is 77.8 Å². The smallest absolute Gasteiger partial charge is 0.227 e. The van der Waals surface area contributed by atoms with E-state index < -0.39 is 0 Å². The standard InChI is InChI=1S/C50H28N4O2S/c1-3-13-29(14-4-1)32-17-7-10-21-37(32)48-52-47(31-23-24-35-34-19-11-12-22-42(34)57-43(35)27-31)53-49(54-48)38-28-41-44(36-20-9-8-18-33(36)38)45-40(55-41)26-25-39-46(45)56-50(51-39)30-15-5-2-6-16-30/h1-28H. The molecule has 0 saturated heterocycles. The van der Waals surface area contributed by atoms with Gasteiger partial charge in [-0.3, -0.25) is 0 Å². The van der Waals surface area contributed by atoms with Gasteiger partial charge in [-0.05, 0) is 64.4 Å². The molecule has 12 aromatic rings. The van der Waals surface area contributed by atoms with Gasteiger partial charge < -0.3 is 8.83 Å². The summed E-state index contributed by atoms with van der Waals surface area (Å²) in [7, 11) is 0. The Bertz CT molecular complexity index is 3530. The molecule has 0 unspecified atom stereocenters. The van der Waals surface area contributed by atoms with Gasteiger partial charge in [0.05, 0.1) is 5.39 Å². The predicted octanol–water partition coefficient (Wildman–Crippen LogP) is 13.8. The van der Waals surface area contributed by atoms with Crippen LogP contribution in [0.2, 0.25) is 0 Å². The van der Waals surface area contributed by atoms with E-state index in [1.165, 1.54) is 20.2 Å². The molecule has 266 valence electrons. The number of hydrogen-bond acceptors (Lipinski definition) is 7. The fourth-order valence-electron chi connectivity index (χ4n) is 8.15. The summed E-state index contributed by atoms with van der Waals surface area (Å²) in [5.74, 6) is 2.33. The summed E-state index contributed by atoms with van der Waals surface area (Å²) in [5, 5.41) is 6.33. The first kappa shape index (κ1) is 31.8. The van der Waals surface area contributed by atoms with Crippen LogP contribution in [0, 0.1) is 0 Å². The number of benzene rings is 8. The third kappa shape index (κ3) is 5.10. The Morgan fingerprint density at radius 3 is 1.84 bits per heavy atom. The molecule has 4 aromatic heterocycles. The SMILES string of the molecule is c1ccc(-c2nc3ccc4oc5cc(-c6nc(-c7ccc8c(c7)sc7ccccc78)nc(-c7ccccc7-c7ccccc7)n6)c6ccccc6c5c4c3o2)cc1. The van der Waals surface area contributed by atoms with Gasteiger partial charge in [0.25, 0.3) is 0 Å². The number of thiophene rings is 1. The largest absolute Gasteiger partial charge is 0.456 e. The van der Waals surface area contributed by atoms with Crippen molar-refractivity contribution in [2.45, 2.75) is 0 Å². The normalized spacial score (nSPS) is 11.9. The molecule has 6 nitrogen and oxygen atoms in total. The lowest BCUT2D eigenvalue weighted by Gasteiger charge is -2.13. The van der Waals surface area contributed by atoms with Gasteiger partial charge in [0.2, 0.25) is 5.89 Å². The highest BCUT2D eigenvalue weighted by Gasteiger charge is 2.23. The molecular weight excluding hydrogens is 721 g/mol. The Balaban J connectivity index is 1.11. The lowest BCUT2D eigenvalue weighted by molar-refractivity contribution is 0.622. The molecule has 57 heavy (non-hydrogen) atoms. The van der Waals surface area contributed by atoms with Gasteiger partial charge in [-0.1, -0.05) is 127 Å². The Morgan fingerprint density at radius 1 is 0.368 bits per heavy atom. The van der Waals surface area contributed by atoms with Crippen molar-refractivity contribution in [1.29, 1.82) is 0 Å². The van der Waals surface area contributed by atoms with Crippen LogP contribution in [0.5, 0.6) is 0 Å². The summed E-state index contributed by atoms with van der Waals surface area (Å²) in [6.07, 6.45) is 0. The van der Waals surface area contributed by atoms with Crippen LogP contribution in [0.1, 0.15) is 0 Å². The van der Waals surface area contributed by atoms with Crippen molar-refractivity contribution in [3.63, 3.8) is 0 Å². The number of fused-ring (bicyclic) bond motifs is 10. The van der Waals surface area contributed by atoms with E-state index >= 15 is 0 Å². The number of furan rings is 1. The molecule has 7 heteroatoms. The van der Waals surface area contributed by atoms with E-state index in [-0.39, 0.29) is 0 Å². The van der Waals surface area contributed by atoms with Crippen LogP contribution in [0.15, 0.2) is 179 Å². The van der Waals surface area contributed by atoms with E-state index in [0.29, 0.717) is 34.5 Å². The lowest BCUT2D eigenvalue weighted by Crippen LogP contribution is -2.01. The summed E-state index contributed by atoms with van der Waals surface area (Å²) in [6.45, 7) is 0. The van der Waals surface area contributed by atoms with Crippen molar-refractivity contribution in [3.05, 3.63) is 170 Å². The summed E-state index contributed by atoms with van der Waals surface area (Å²) in [6, 6.07) is 58.1. The van der Waals surface area contributed by atoms with Crippen LogP contribution in [0.4, 0.5) is 0 Å². The Morgan fingerprint density at radius 2 is 1.02 bits per heavy atom. The first-order chi connectivity index (χ1) is 28.2. The van der Waals surface area contributed by atoms with Gasteiger partial charge in [-0.25, -0.2) is 19.9 Å². The number of nitrogens with zero attached hydrogens (tertiary/aromatic N) is 4. The Labute approximate surface area is 329 Å². The minimum absolute atomic E-state index is 0.559. The van der Waals surface area contributed by atoms with Crippen molar-refractivity contribution < 1.29 is 8.83 Å². The van der Waals surface area contributed by atoms with Gasteiger partial charge in [-0.15, -0.1) is 11.3 Å². The van der Waals surface area contributed by atoms with Crippen molar-refractivity contribution in [3.8, 4) is 56.7 Å². The van der Waals surface area contributed by atoms with E-state index in [1.54, 1.807) is 11.3 Å². The van der Waals surface area contributed by atoms with Crippen molar-refractivity contribution >= 4 is 75.3 Å². The van der Waals surface area contributed by atoms with Crippen LogP contribution in [-0.2, 0) is 0 Å². The molecule has 0 N–H and O–H groups in total. The monoisotopic (exact) mass is 748 g/mol. The summed E-state index contributed by atoms with van der Waals surface area (Å²) in [4.78, 5) is 20.7. The summed E-state index contributed by atoms with van der Waals surface area (Å²) >= 11 is 1.78. The minimum atomic E-state index is 0.559. The predicted molar refractivity (Wildman–Crippen MR) is 232 cm³/mol. The van der Waals surface area contributed by atoms with Gasteiger partial charge in [0.15, 0.2) is 23.1 Å². The molecule has 0 aliphatic heterocycles. The molecule has 0 bridgehead atoms. The van der Waals surface area contributed by atoms with Gasteiger partial charge in [-0.2, -0.15) is 0 Å². The maximum absolute atomic E-state index is 6.67. The van der Waals surface area contributed by atoms with Gasteiger partial charge in [0.1, 0.15) is 16.7 Å². The zero-order chi connectivity index (χ0) is 37.5. The quantitative estimate of drug-likeness (QED) is 0.174. The molecule has 0 radical (unpaired) electrons. The summed E-state index contributed by atoms with van der Waals surface area (Å²) in [5.41, 5.74) is 8.66. The summed E-state index contributed by atoms with van der Waals surface area (Å²) < 4.78 is 15.6. The van der Waals surface area contributed by atoms with E-state index in [1.807, 2.05) is 54.6 Å². The van der Waals surface area contributed by atoms with Crippen molar-refractivity contribution in [2.24, 2.45) is 0 Å². The lowest BCUT2D eigenvalue weighted by atomic mass is 9.97. The number of hydrogen-bond donors (Lipinski definition) is 0. The molecule has 0 aliphatic rings. The second-order valence-corrected chi connectivity index (χ2v) is 15.2. The highest BCUT2D eigenvalue weighted by molar-refractivity contribution is 7.25. The molecule has 0 spiro atoms. The molecule has 0 aliphatic carbocycles. The average molecular weight is 749 g/mol. The molecule has 0 atom stereocenters. The third-order valence-corrected chi connectivity index (χ3v) is 11.9. The Hall–Kier alpha value is -7.48. The number of aromatic nitrogens is 4. The third-order valence-electron chi connectivity index (χ3n) is 10.8. The van der Waals surface area contributed by atoms with Crippen LogP contribution in [-0.4, -0.2) is 19.9 Å². The Kier molecular flexibility index (Phi) is 7.00. The van der Waals surface area contributed by atoms with E-state index in [0.717, 1.165) is 66.0 Å². The van der Waals surface area contributed by atoms with Gasteiger partial charge in [0, 0.05) is 47.8 Å². The van der Waals surface area contributed by atoms with E-state index in [4.69, 9.17) is 28.8 Å². The maximum Gasteiger partial charge on any atom is 0.227 e. The van der Waals surface area contributed by atoms with Crippen LogP contribution < -0.4 is 0 Å². The highest BCUT2D eigenvalue weighted by atomic mass is 32.1. The van der Waals surface area contributed by atoms with Crippen LogP contribution in [0.3, 0.4) is 0 Å². The van der Waals surface area contributed by atoms with E-state index in [9.17, 15) is 0 Å². The number of oxazole rings is 1. The van der Waals surface area contributed by atoms with Crippen LogP contribution >= 0.6 is 11.3 Å². The average Bonchev–Trinajstić information content (AvgIpc) is 4.00. The van der Waals surface area contributed by atoms with Gasteiger partial charge >= 0.3 is 0 Å². The second-order valence-electron chi connectivity index (χ2n) is 14.1. The fourth-order valence-corrected chi connectivity index (χ4v) is 9.30. The molecule has 0 fully saturated rings.